The van der Waals surface area contributed by atoms with Crippen LogP contribution in [0.25, 0.3) is 6.08 Å². The fraction of sp³-hybridized carbons (Fsp3) is 0.423. The minimum atomic E-state index is -3.53. The van der Waals surface area contributed by atoms with Crippen molar-refractivity contribution in [3.05, 3.63) is 65.7 Å². The van der Waals surface area contributed by atoms with E-state index in [1.165, 1.54) is 4.31 Å². The van der Waals surface area contributed by atoms with Crippen LogP contribution in [0.5, 0.6) is 5.75 Å². The van der Waals surface area contributed by atoms with Crippen molar-refractivity contribution in [3.63, 3.8) is 0 Å². The molecular formula is C26H32N2O5S. The maximum atomic E-state index is 13.2. The summed E-state index contributed by atoms with van der Waals surface area (Å²) in [6.45, 7) is 2.27. The molecule has 2 aromatic carbocycles. The Morgan fingerprint density at radius 3 is 2.35 bits per heavy atom. The van der Waals surface area contributed by atoms with Gasteiger partial charge < -0.3 is 14.4 Å². The average Bonchev–Trinajstić information content (AvgIpc) is 3.14. The monoisotopic (exact) mass is 484 g/mol. The highest BCUT2D eigenvalue weighted by atomic mass is 32.2. The Morgan fingerprint density at radius 1 is 0.971 bits per heavy atom. The normalized spacial score (nSPS) is 20.3. The molecule has 2 fully saturated rings. The standard InChI is InChI=1S/C26H32N2O5S/c1-32-23-11-9-22(10-12-23)25-5-3-2-4-16-28(25)26(29)15-8-21-6-13-24(14-7-21)34(30,31)27-17-19-33-20-18-27/h6-15,25H,2-5,16-20H2,1H3. The van der Waals surface area contributed by atoms with Crippen molar-refractivity contribution < 1.29 is 22.7 Å². The van der Waals surface area contributed by atoms with E-state index < -0.39 is 10.0 Å². The van der Waals surface area contributed by atoms with Crippen molar-refractivity contribution in [3.8, 4) is 5.75 Å². The Morgan fingerprint density at radius 2 is 1.68 bits per heavy atom. The van der Waals surface area contributed by atoms with Crippen molar-refractivity contribution in [1.82, 2.24) is 9.21 Å². The number of nitrogens with zero attached hydrogens (tertiary/aromatic N) is 2. The molecule has 2 aliphatic rings. The van der Waals surface area contributed by atoms with Crippen LogP contribution >= 0.6 is 0 Å². The van der Waals surface area contributed by atoms with Crippen molar-refractivity contribution in [1.29, 1.82) is 0 Å². The molecule has 182 valence electrons. The van der Waals surface area contributed by atoms with E-state index >= 15 is 0 Å². The summed E-state index contributed by atoms with van der Waals surface area (Å²) in [5, 5.41) is 0. The molecule has 0 saturated carbocycles. The lowest BCUT2D eigenvalue weighted by molar-refractivity contribution is -0.128. The molecule has 8 heteroatoms. The van der Waals surface area contributed by atoms with Gasteiger partial charge in [0.05, 0.1) is 31.3 Å². The van der Waals surface area contributed by atoms with E-state index in [9.17, 15) is 13.2 Å². The number of methoxy groups -OCH3 is 1. The Balaban J connectivity index is 1.46. The third-order valence-corrected chi connectivity index (χ3v) is 8.36. The molecule has 2 aromatic rings. The number of benzene rings is 2. The SMILES string of the molecule is COc1ccc(C2CCCCCN2C(=O)C=Cc2ccc(S(=O)(=O)N3CCOCC3)cc2)cc1. The number of likely N-dealkylation sites (tertiary alicyclic amines) is 1. The second-order valence-corrected chi connectivity index (χ2v) is 10.5. The van der Waals surface area contributed by atoms with Gasteiger partial charge in [0, 0.05) is 25.7 Å². The molecule has 0 N–H and O–H groups in total. The fourth-order valence-corrected chi connectivity index (χ4v) is 5.90. The summed E-state index contributed by atoms with van der Waals surface area (Å²) < 4.78 is 37.6. The van der Waals surface area contributed by atoms with Gasteiger partial charge in [0.15, 0.2) is 0 Å². The first kappa shape index (κ1) is 24.4. The van der Waals surface area contributed by atoms with Crippen LogP contribution in [0, 0.1) is 0 Å². The number of carbonyl (C=O) groups is 1. The summed E-state index contributed by atoms with van der Waals surface area (Å²) in [7, 11) is -1.88. The average molecular weight is 485 g/mol. The number of hydrogen-bond donors (Lipinski definition) is 0. The lowest BCUT2D eigenvalue weighted by atomic mass is 10.0. The van der Waals surface area contributed by atoms with E-state index in [-0.39, 0.29) is 16.8 Å². The quantitative estimate of drug-likeness (QED) is 0.582. The van der Waals surface area contributed by atoms with Gasteiger partial charge in [-0.25, -0.2) is 8.42 Å². The summed E-state index contributed by atoms with van der Waals surface area (Å²) in [5.41, 5.74) is 1.90. The number of carbonyl (C=O) groups excluding carboxylic acids is 1. The number of ether oxygens (including phenoxy) is 2. The first-order valence-corrected chi connectivity index (χ1v) is 13.2. The zero-order valence-corrected chi connectivity index (χ0v) is 20.4. The molecule has 0 radical (unpaired) electrons. The maximum Gasteiger partial charge on any atom is 0.247 e. The highest BCUT2D eigenvalue weighted by Crippen LogP contribution is 2.31. The van der Waals surface area contributed by atoms with Gasteiger partial charge in [0.25, 0.3) is 0 Å². The summed E-state index contributed by atoms with van der Waals surface area (Å²) in [5.74, 6) is 0.766. The Labute approximate surface area is 202 Å². The Hall–Kier alpha value is -2.68. The van der Waals surface area contributed by atoms with Gasteiger partial charge in [-0.1, -0.05) is 37.1 Å². The second kappa shape index (κ2) is 11.2. The fourth-order valence-electron chi connectivity index (χ4n) is 4.49. The zero-order chi connectivity index (χ0) is 24.0. The molecule has 34 heavy (non-hydrogen) atoms. The third-order valence-electron chi connectivity index (χ3n) is 6.44. The zero-order valence-electron chi connectivity index (χ0n) is 19.6. The largest absolute Gasteiger partial charge is 0.497 e. The first-order chi connectivity index (χ1) is 16.5. The van der Waals surface area contributed by atoms with E-state index in [0.717, 1.165) is 49.1 Å². The van der Waals surface area contributed by atoms with Gasteiger partial charge in [0.1, 0.15) is 5.75 Å². The van der Waals surface area contributed by atoms with Crippen LogP contribution in [0.15, 0.2) is 59.5 Å². The van der Waals surface area contributed by atoms with Crippen LogP contribution in [0.3, 0.4) is 0 Å². The predicted octanol–water partition coefficient (Wildman–Crippen LogP) is 3.87. The summed E-state index contributed by atoms with van der Waals surface area (Å²) in [6, 6.07) is 14.6. The molecule has 2 aliphatic heterocycles. The summed E-state index contributed by atoms with van der Waals surface area (Å²) in [4.78, 5) is 15.4. The van der Waals surface area contributed by atoms with Crippen LogP contribution in [-0.2, 0) is 19.6 Å². The van der Waals surface area contributed by atoms with Crippen molar-refractivity contribution >= 4 is 22.0 Å². The number of hydrogen-bond acceptors (Lipinski definition) is 5. The molecule has 1 atom stereocenters. The van der Waals surface area contributed by atoms with Crippen molar-refractivity contribution in [2.75, 3.05) is 40.0 Å². The Kier molecular flexibility index (Phi) is 8.03. The van der Waals surface area contributed by atoms with E-state index in [0.29, 0.717) is 26.3 Å². The molecule has 0 aromatic heterocycles. The van der Waals surface area contributed by atoms with Gasteiger partial charge in [-0.15, -0.1) is 0 Å². The van der Waals surface area contributed by atoms with Crippen LogP contribution < -0.4 is 4.74 Å². The molecule has 0 bridgehead atoms. The molecule has 0 spiro atoms. The topological polar surface area (TPSA) is 76.2 Å². The van der Waals surface area contributed by atoms with Gasteiger partial charge >= 0.3 is 0 Å². The molecule has 0 aliphatic carbocycles. The molecule has 2 saturated heterocycles. The van der Waals surface area contributed by atoms with Crippen molar-refractivity contribution in [2.45, 2.75) is 36.6 Å². The number of amides is 1. The van der Waals surface area contributed by atoms with E-state index in [1.807, 2.05) is 29.2 Å². The number of sulfonamides is 1. The van der Waals surface area contributed by atoms with Gasteiger partial charge in [-0.2, -0.15) is 4.31 Å². The molecule has 1 amide bonds. The minimum Gasteiger partial charge on any atom is -0.497 e. The molecule has 2 heterocycles. The molecule has 4 rings (SSSR count). The van der Waals surface area contributed by atoms with E-state index in [1.54, 1.807) is 43.5 Å². The summed E-state index contributed by atoms with van der Waals surface area (Å²) >= 11 is 0. The highest BCUT2D eigenvalue weighted by molar-refractivity contribution is 7.89. The maximum absolute atomic E-state index is 13.2. The second-order valence-electron chi connectivity index (χ2n) is 8.59. The van der Waals surface area contributed by atoms with E-state index in [4.69, 9.17) is 9.47 Å². The van der Waals surface area contributed by atoms with Crippen LogP contribution in [0.2, 0.25) is 0 Å². The lowest BCUT2D eigenvalue weighted by Crippen LogP contribution is -2.40. The van der Waals surface area contributed by atoms with Crippen LogP contribution in [0.1, 0.15) is 42.9 Å². The molecule has 1 unspecified atom stereocenters. The smallest absolute Gasteiger partial charge is 0.247 e. The first-order valence-electron chi connectivity index (χ1n) is 11.8. The van der Waals surface area contributed by atoms with E-state index in [2.05, 4.69) is 0 Å². The summed E-state index contributed by atoms with van der Waals surface area (Å²) in [6.07, 6.45) is 7.46. The lowest BCUT2D eigenvalue weighted by Gasteiger charge is -2.29. The highest BCUT2D eigenvalue weighted by Gasteiger charge is 2.27. The van der Waals surface area contributed by atoms with Crippen LogP contribution in [0.4, 0.5) is 0 Å². The van der Waals surface area contributed by atoms with Gasteiger partial charge in [-0.3, -0.25) is 4.79 Å². The third kappa shape index (κ3) is 5.68. The Bertz CT molecular complexity index is 1090. The van der Waals surface area contributed by atoms with Crippen LogP contribution in [-0.4, -0.2) is 63.5 Å². The number of rotatable bonds is 6. The molecular weight excluding hydrogens is 452 g/mol. The van der Waals surface area contributed by atoms with Gasteiger partial charge in [0.2, 0.25) is 15.9 Å². The number of morpholine rings is 1. The minimum absolute atomic E-state index is 0.0339. The van der Waals surface area contributed by atoms with Gasteiger partial charge in [-0.05, 0) is 54.3 Å². The molecule has 7 nitrogen and oxygen atoms in total. The predicted molar refractivity (Wildman–Crippen MR) is 131 cm³/mol. The van der Waals surface area contributed by atoms with Crippen molar-refractivity contribution in [2.24, 2.45) is 0 Å².